The summed E-state index contributed by atoms with van der Waals surface area (Å²) in [5.74, 6) is 0. The SMILES string of the molecule is CCCc1c(Cl)[nH]c(=O)n(-c2ccccc2Br)c1=O. The fourth-order valence-electron chi connectivity index (χ4n) is 1.86. The van der Waals surface area contributed by atoms with Crippen molar-refractivity contribution in [2.75, 3.05) is 0 Å². The van der Waals surface area contributed by atoms with Crippen molar-refractivity contribution < 1.29 is 0 Å². The number of nitrogens with one attached hydrogen (secondary N) is 1. The van der Waals surface area contributed by atoms with Crippen LogP contribution in [0.5, 0.6) is 0 Å². The van der Waals surface area contributed by atoms with E-state index in [1.807, 2.05) is 13.0 Å². The molecule has 2 aromatic rings. The van der Waals surface area contributed by atoms with E-state index < -0.39 is 5.69 Å². The number of aromatic amines is 1. The molecule has 0 aliphatic carbocycles. The van der Waals surface area contributed by atoms with Crippen LogP contribution in [0.3, 0.4) is 0 Å². The largest absolute Gasteiger partial charge is 0.334 e. The summed E-state index contributed by atoms with van der Waals surface area (Å²) in [6.07, 6.45) is 1.30. The molecular weight excluding hydrogens is 332 g/mol. The summed E-state index contributed by atoms with van der Waals surface area (Å²) in [4.78, 5) is 26.9. The van der Waals surface area contributed by atoms with Crippen molar-refractivity contribution in [2.45, 2.75) is 19.8 Å². The Kier molecular flexibility index (Phi) is 4.27. The topological polar surface area (TPSA) is 54.9 Å². The summed E-state index contributed by atoms with van der Waals surface area (Å²) in [5, 5.41) is 0.125. The van der Waals surface area contributed by atoms with E-state index in [1.165, 1.54) is 0 Å². The van der Waals surface area contributed by atoms with Gasteiger partial charge in [-0.3, -0.25) is 9.78 Å². The van der Waals surface area contributed by atoms with Gasteiger partial charge in [-0.15, -0.1) is 0 Å². The summed E-state index contributed by atoms with van der Waals surface area (Å²) in [6.45, 7) is 1.95. The van der Waals surface area contributed by atoms with Crippen LogP contribution in [0.25, 0.3) is 5.69 Å². The zero-order valence-electron chi connectivity index (χ0n) is 10.2. The molecule has 1 aromatic carbocycles. The predicted octanol–water partition coefficient (Wildman–Crippen LogP) is 2.89. The number of aromatic nitrogens is 2. The molecule has 19 heavy (non-hydrogen) atoms. The Hall–Kier alpha value is -1.33. The number of halogens is 2. The zero-order valence-corrected chi connectivity index (χ0v) is 12.6. The fourth-order valence-corrected chi connectivity index (χ4v) is 2.58. The van der Waals surface area contributed by atoms with E-state index in [4.69, 9.17) is 11.6 Å². The summed E-state index contributed by atoms with van der Waals surface area (Å²) >= 11 is 9.27. The number of nitrogens with zero attached hydrogens (tertiary/aromatic N) is 1. The summed E-state index contributed by atoms with van der Waals surface area (Å²) < 4.78 is 1.77. The van der Waals surface area contributed by atoms with E-state index in [0.717, 1.165) is 11.0 Å². The van der Waals surface area contributed by atoms with Crippen molar-refractivity contribution >= 4 is 27.5 Å². The monoisotopic (exact) mass is 342 g/mol. The van der Waals surface area contributed by atoms with Gasteiger partial charge >= 0.3 is 5.69 Å². The first-order chi connectivity index (χ1) is 9.06. The zero-order chi connectivity index (χ0) is 14.0. The maximum absolute atomic E-state index is 12.4. The van der Waals surface area contributed by atoms with Gasteiger partial charge in [0.25, 0.3) is 5.56 Å². The number of benzene rings is 1. The minimum absolute atomic E-state index is 0.125. The lowest BCUT2D eigenvalue weighted by Crippen LogP contribution is -2.36. The van der Waals surface area contributed by atoms with E-state index in [9.17, 15) is 9.59 Å². The van der Waals surface area contributed by atoms with Gasteiger partial charge < -0.3 is 0 Å². The first kappa shape index (κ1) is 14.1. The lowest BCUT2D eigenvalue weighted by atomic mass is 10.2. The number of rotatable bonds is 3. The molecule has 0 saturated heterocycles. The van der Waals surface area contributed by atoms with Crippen molar-refractivity contribution in [1.29, 1.82) is 0 Å². The van der Waals surface area contributed by atoms with Crippen LogP contribution in [0.2, 0.25) is 5.15 Å². The van der Waals surface area contributed by atoms with E-state index in [0.29, 0.717) is 22.1 Å². The molecule has 1 N–H and O–H groups in total. The van der Waals surface area contributed by atoms with Crippen LogP contribution in [0, 0.1) is 0 Å². The quantitative estimate of drug-likeness (QED) is 0.871. The molecule has 0 amide bonds. The first-order valence-corrected chi connectivity index (χ1v) is 7.02. The van der Waals surface area contributed by atoms with Gasteiger partial charge in [0, 0.05) is 4.47 Å². The van der Waals surface area contributed by atoms with Crippen LogP contribution in [-0.4, -0.2) is 9.55 Å². The Morgan fingerprint density at radius 2 is 2.00 bits per heavy atom. The third-order valence-electron chi connectivity index (χ3n) is 2.74. The molecule has 0 fully saturated rings. The molecule has 2 rings (SSSR count). The van der Waals surface area contributed by atoms with Gasteiger partial charge in [0.1, 0.15) is 5.15 Å². The maximum Gasteiger partial charge on any atom is 0.334 e. The van der Waals surface area contributed by atoms with Gasteiger partial charge in [0.05, 0.1) is 11.3 Å². The Bertz CT molecular complexity index is 721. The first-order valence-electron chi connectivity index (χ1n) is 5.85. The normalized spacial score (nSPS) is 10.7. The molecule has 0 bridgehead atoms. The molecule has 0 spiro atoms. The van der Waals surface area contributed by atoms with Crippen molar-refractivity contribution in [3.63, 3.8) is 0 Å². The van der Waals surface area contributed by atoms with E-state index in [-0.39, 0.29) is 10.7 Å². The van der Waals surface area contributed by atoms with Gasteiger partial charge in [0.2, 0.25) is 0 Å². The van der Waals surface area contributed by atoms with Crippen LogP contribution < -0.4 is 11.2 Å². The molecule has 1 heterocycles. The van der Waals surface area contributed by atoms with Gasteiger partial charge in [-0.25, -0.2) is 9.36 Å². The predicted molar refractivity (Wildman–Crippen MR) is 79.4 cm³/mol. The second-order valence-electron chi connectivity index (χ2n) is 4.06. The highest BCUT2D eigenvalue weighted by Gasteiger charge is 2.14. The molecule has 6 heteroatoms. The molecule has 4 nitrogen and oxygen atoms in total. The Labute approximate surface area is 123 Å². The molecular formula is C13H12BrClN2O2. The van der Waals surface area contributed by atoms with Crippen LogP contribution in [-0.2, 0) is 6.42 Å². The second-order valence-corrected chi connectivity index (χ2v) is 5.30. The summed E-state index contributed by atoms with van der Waals surface area (Å²) in [7, 11) is 0. The minimum Gasteiger partial charge on any atom is -0.297 e. The van der Waals surface area contributed by atoms with Crippen LogP contribution >= 0.6 is 27.5 Å². The maximum atomic E-state index is 12.4. The molecule has 0 unspecified atom stereocenters. The third kappa shape index (κ3) is 2.67. The smallest absolute Gasteiger partial charge is 0.297 e. The number of hydrogen-bond acceptors (Lipinski definition) is 2. The molecule has 1 aromatic heterocycles. The molecule has 0 saturated carbocycles. The number of para-hydroxylation sites is 1. The van der Waals surface area contributed by atoms with Crippen LogP contribution in [0.1, 0.15) is 18.9 Å². The van der Waals surface area contributed by atoms with E-state index in [1.54, 1.807) is 18.2 Å². The molecule has 0 aliphatic heterocycles. The fraction of sp³-hybridized carbons (Fsp3) is 0.231. The van der Waals surface area contributed by atoms with E-state index >= 15 is 0 Å². The molecule has 0 aliphatic rings. The van der Waals surface area contributed by atoms with Crippen molar-refractivity contribution in [3.05, 3.63) is 60.3 Å². The highest BCUT2D eigenvalue weighted by Crippen LogP contribution is 2.18. The molecule has 0 atom stereocenters. The van der Waals surface area contributed by atoms with Gasteiger partial charge in [-0.05, 0) is 34.5 Å². The lowest BCUT2D eigenvalue weighted by molar-refractivity contribution is 0.810. The average molecular weight is 344 g/mol. The van der Waals surface area contributed by atoms with Gasteiger partial charge in [0.15, 0.2) is 0 Å². The Morgan fingerprint density at radius 3 is 2.63 bits per heavy atom. The third-order valence-corrected chi connectivity index (χ3v) is 3.73. The highest BCUT2D eigenvalue weighted by molar-refractivity contribution is 9.10. The summed E-state index contributed by atoms with van der Waals surface area (Å²) in [5.41, 5.74) is 0.0199. The molecule has 0 radical (unpaired) electrons. The number of hydrogen-bond donors (Lipinski definition) is 1. The average Bonchev–Trinajstić information content (AvgIpc) is 2.36. The Balaban J connectivity index is 2.78. The second kappa shape index (κ2) is 5.75. The summed E-state index contributed by atoms with van der Waals surface area (Å²) in [6, 6.07) is 7.05. The van der Waals surface area contributed by atoms with Crippen molar-refractivity contribution in [2.24, 2.45) is 0 Å². The van der Waals surface area contributed by atoms with Crippen LogP contribution in [0.15, 0.2) is 38.3 Å². The van der Waals surface area contributed by atoms with Crippen molar-refractivity contribution in [1.82, 2.24) is 9.55 Å². The van der Waals surface area contributed by atoms with Gasteiger partial charge in [-0.2, -0.15) is 0 Å². The van der Waals surface area contributed by atoms with Crippen molar-refractivity contribution in [3.8, 4) is 5.69 Å². The standard InChI is InChI=1S/C13H12BrClN2O2/c1-2-5-8-11(15)16-13(19)17(12(8)18)10-7-4-3-6-9(10)14/h3-4,6-7H,2,5H2,1H3,(H,16,19). The Morgan fingerprint density at radius 1 is 1.32 bits per heavy atom. The van der Waals surface area contributed by atoms with Crippen LogP contribution in [0.4, 0.5) is 0 Å². The van der Waals surface area contributed by atoms with Gasteiger partial charge in [-0.1, -0.05) is 37.1 Å². The highest BCUT2D eigenvalue weighted by atomic mass is 79.9. The minimum atomic E-state index is -0.540. The van der Waals surface area contributed by atoms with E-state index in [2.05, 4.69) is 20.9 Å². The molecule has 100 valence electrons. The number of H-pyrrole nitrogens is 1. The lowest BCUT2D eigenvalue weighted by Gasteiger charge is -2.09.